The van der Waals surface area contributed by atoms with Gasteiger partial charge in [-0.3, -0.25) is 0 Å². The largest absolute Gasteiger partial charge is 3.00 e. The van der Waals surface area contributed by atoms with E-state index in [4.69, 9.17) is 71.0 Å². The fraction of sp³-hybridized carbons (Fsp3) is 0. The van der Waals surface area contributed by atoms with Gasteiger partial charge in [0.15, 0.2) is 0 Å². The van der Waals surface area contributed by atoms with E-state index < -0.39 is 0 Å². The van der Waals surface area contributed by atoms with Gasteiger partial charge in [-0.2, -0.15) is 0 Å². The van der Waals surface area contributed by atoms with Crippen LogP contribution in [0.1, 0.15) is 0 Å². The van der Waals surface area contributed by atoms with E-state index in [-0.39, 0.29) is 174 Å². The van der Waals surface area contributed by atoms with Crippen molar-refractivity contribution < 1.29 is 174 Å². The van der Waals surface area contributed by atoms with E-state index in [1.807, 2.05) is 0 Å². The van der Waals surface area contributed by atoms with Crippen LogP contribution in [-0.4, -0.2) is 0 Å². The standard InChI is InChI=1S/6CN.3K.Rh/c6*1-2;;;;/q6*-1;3*+1;+3. The maximum Gasteiger partial charge on any atom is 3.00 e. The Morgan fingerprint density at radius 2 is 0.312 bits per heavy atom. The van der Waals surface area contributed by atoms with E-state index in [0.29, 0.717) is 0 Å². The summed E-state index contributed by atoms with van der Waals surface area (Å²) in [5, 5.41) is 37.5. The van der Waals surface area contributed by atoms with Crippen molar-refractivity contribution in [2.45, 2.75) is 0 Å². The molecule has 10 heteroatoms. The van der Waals surface area contributed by atoms with Crippen LogP contribution >= 0.6 is 0 Å². The first-order valence-electron chi connectivity index (χ1n) is 1.34. The van der Waals surface area contributed by atoms with Crippen molar-refractivity contribution in [3.63, 3.8) is 0 Å². The molecule has 0 aromatic carbocycles. The summed E-state index contributed by atoms with van der Waals surface area (Å²) in [5.74, 6) is 0. The molecule has 66 valence electrons. The van der Waals surface area contributed by atoms with Crippen molar-refractivity contribution in [1.82, 2.24) is 0 Å². The Labute approximate surface area is 238 Å². The third-order valence-electron chi connectivity index (χ3n) is 0. The SMILES string of the molecule is [C-]#N.[C-]#N.[C-]#N.[C-]#N.[C-]#N.[C-]#N.[K+].[K+].[K+].[Rh+3]. The summed E-state index contributed by atoms with van der Waals surface area (Å²) < 4.78 is 0. The van der Waals surface area contributed by atoms with Crippen LogP contribution in [0, 0.1) is 71.0 Å². The van der Waals surface area contributed by atoms with E-state index in [0.717, 1.165) is 0 Å². The second-order valence-corrected chi connectivity index (χ2v) is 0. The molecule has 0 aromatic rings. The molecule has 0 aromatic heterocycles. The van der Waals surface area contributed by atoms with Crippen molar-refractivity contribution >= 4 is 0 Å². The second-order valence-electron chi connectivity index (χ2n) is 0. The fourth-order valence-electron chi connectivity index (χ4n) is 0. The smallest absolute Gasteiger partial charge is 0.512 e. The quantitative estimate of drug-likeness (QED) is 0.303. The van der Waals surface area contributed by atoms with Crippen LogP contribution in [0.25, 0.3) is 0 Å². The van der Waals surface area contributed by atoms with Gasteiger partial charge >= 0.3 is 174 Å². The minimum atomic E-state index is 0. The Bertz CT molecular complexity index is 103. The Hall–Kier alpha value is 2.47. The zero-order valence-electron chi connectivity index (χ0n) is 9.02. The van der Waals surface area contributed by atoms with Crippen LogP contribution < -0.4 is 154 Å². The summed E-state index contributed by atoms with van der Waals surface area (Å²) in [6, 6.07) is 0. The van der Waals surface area contributed by atoms with Crippen molar-refractivity contribution in [3.05, 3.63) is 39.4 Å². The fourth-order valence-corrected chi connectivity index (χ4v) is 0. The first-order valence-corrected chi connectivity index (χ1v) is 1.34. The van der Waals surface area contributed by atoms with Crippen molar-refractivity contribution in [2.24, 2.45) is 0 Å². The molecule has 0 aliphatic rings. The normalized spacial score (nSPS) is 0.750. The topological polar surface area (TPSA) is 143 Å². The van der Waals surface area contributed by atoms with Crippen LogP contribution in [0.2, 0.25) is 0 Å². The summed E-state index contributed by atoms with van der Waals surface area (Å²) in [6.07, 6.45) is 0. The molecule has 0 radical (unpaired) electrons. The van der Waals surface area contributed by atoms with Crippen LogP contribution in [-0.2, 0) is 19.5 Å². The molecule has 0 heterocycles. The van der Waals surface area contributed by atoms with Gasteiger partial charge in [-0.05, 0) is 0 Å². The van der Waals surface area contributed by atoms with Gasteiger partial charge in [0, 0.05) is 0 Å². The van der Waals surface area contributed by atoms with E-state index in [2.05, 4.69) is 0 Å². The number of rotatable bonds is 0. The number of hydrogen-bond acceptors (Lipinski definition) is 6. The van der Waals surface area contributed by atoms with Crippen molar-refractivity contribution in [2.75, 3.05) is 0 Å². The van der Waals surface area contributed by atoms with Crippen molar-refractivity contribution in [1.29, 1.82) is 31.6 Å². The molecule has 0 amide bonds. The third-order valence-corrected chi connectivity index (χ3v) is 0. The minimum absolute atomic E-state index is 0. The van der Waals surface area contributed by atoms with E-state index in [1.54, 1.807) is 0 Å². The monoisotopic (exact) mass is 376 g/mol. The van der Waals surface area contributed by atoms with Gasteiger partial charge in [-0.1, -0.05) is 0 Å². The molecular formula is C6K3N6Rh. The molecule has 0 rings (SSSR count). The Balaban J connectivity index is -0.00000000321. The van der Waals surface area contributed by atoms with Crippen LogP contribution in [0.15, 0.2) is 0 Å². The minimum Gasteiger partial charge on any atom is -0.512 e. The molecule has 0 aliphatic carbocycles. The van der Waals surface area contributed by atoms with E-state index in [1.165, 1.54) is 0 Å². The van der Waals surface area contributed by atoms with Gasteiger partial charge in [-0.25, -0.2) is 0 Å². The summed E-state index contributed by atoms with van der Waals surface area (Å²) in [4.78, 5) is 0. The molecule has 0 aliphatic heterocycles. The molecule has 0 saturated carbocycles. The average Bonchev–Trinajstić information content (AvgIpc) is 2.33. The van der Waals surface area contributed by atoms with Gasteiger partial charge in [0.1, 0.15) is 0 Å². The summed E-state index contributed by atoms with van der Waals surface area (Å²) >= 11 is 0. The molecule has 0 N–H and O–H groups in total. The predicted octanol–water partition coefficient (Wildman–Crippen LogP) is -8.41. The van der Waals surface area contributed by atoms with Gasteiger partial charge in [0.25, 0.3) is 0 Å². The van der Waals surface area contributed by atoms with Crippen LogP contribution in [0.3, 0.4) is 0 Å². The van der Waals surface area contributed by atoms with Crippen molar-refractivity contribution in [3.8, 4) is 0 Å². The summed E-state index contributed by atoms with van der Waals surface area (Å²) in [7, 11) is 0. The Morgan fingerprint density at radius 1 is 0.312 bits per heavy atom. The molecule has 0 saturated heterocycles. The zero-order chi connectivity index (χ0) is 12.0. The second kappa shape index (κ2) is 776. The average molecular weight is 376 g/mol. The molecule has 6 nitrogen and oxygen atoms in total. The third kappa shape index (κ3) is 645. The Kier molecular flexibility index (Phi) is 3810. The maximum atomic E-state index is 6.25. The molecule has 0 unspecified atom stereocenters. The predicted molar refractivity (Wildman–Crippen MR) is 29.8 cm³/mol. The van der Waals surface area contributed by atoms with Gasteiger partial charge in [0.05, 0.1) is 0 Å². The first kappa shape index (κ1) is 78.6. The van der Waals surface area contributed by atoms with Crippen LogP contribution in [0.4, 0.5) is 0 Å². The van der Waals surface area contributed by atoms with Crippen LogP contribution in [0.5, 0.6) is 0 Å². The van der Waals surface area contributed by atoms with Gasteiger partial charge < -0.3 is 71.0 Å². The van der Waals surface area contributed by atoms with E-state index in [9.17, 15) is 0 Å². The van der Waals surface area contributed by atoms with Gasteiger partial charge in [0.2, 0.25) is 0 Å². The molecular weight excluding hydrogens is 376 g/mol. The molecule has 0 bridgehead atoms. The first-order chi connectivity index (χ1) is 6.00. The zero-order valence-corrected chi connectivity index (χ0v) is 20.0. The molecule has 0 atom stereocenters. The van der Waals surface area contributed by atoms with E-state index >= 15 is 0 Å². The number of nitrogens with zero attached hydrogens (tertiary/aromatic N) is 6. The number of hydrogen-bond donors (Lipinski definition) is 0. The molecule has 16 heavy (non-hydrogen) atoms. The summed E-state index contributed by atoms with van der Waals surface area (Å²) in [5.41, 5.74) is 0. The van der Waals surface area contributed by atoms with Gasteiger partial charge in [-0.15, -0.1) is 0 Å². The Morgan fingerprint density at radius 3 is 0.312 bits per heavy atom. The molecule has 0 fully saturated rings. The molecule has 0 spiro atoms. The maximum absolute atomic E-state index is 6.25. The summed E-state index contributed by atoms with van der Waals surface area (Å²) in [6.45, 7) is 28.5.